The van der Waals surface area contributed by atoms with E-state index in [1.54, 1.807) is 0 Å². The van der Waals surface area contributed by atoms with E-state index in [2.05, 4.69) is 39.8 Å². The molecule has 0 radical (unpaired) electrons. The summed E-state index contributed by atoms with van der Waals surface area (Å²) in [6.07, 6.45) is 14.2. The Hall–Kier alpha value is -1.71. The highest BCUT2D eigenvalue weighted by Gasteiger charge is 2.42. The lowest BCUT2D eigenvalue weighted by Gasteiger charge is -2.44. The highest BCUT2D eigenvalue weighted by atomic mass is 16.5. The van der Waals surface area contributed by atoms with Gasteiger partial charge >= 0.3 is 5.97 Å². The zero-order valence-electron chi connectivity index (χ0n) is 18.3. The second-order valence-corrected chi connectivity index (χ2v) is 8.61. The number of unbranched alkanes of at least 4 members (excludes halogenated alkanes) is 5. The summed E-state index contributed by atoms with van der Waals surface area (Å²) in [6.45, 7) is 10.3. The highest BCUT2D eigenvalue weighted by Crippen LogP contribution is 2.47. The lowest BCUT2D eigenvalue weighted by Crippen LogP contribution is -2.38. The second kappa shape index (κ2) is 10.2. The molecule has 0 saturated carbocycles. The van der Waals surface area contributed by atoms with Crippen LogP contribution in [0.2, 0.25) is 0 Å². The molecule has 1 aliphatic heterocycles. The van der Waals surface area contributed by atoms with Gasteiger partial charge in [0, 0.05) is 11.8 Å². The van der Waals surface area contributed by atoms with Crippen molar-refractivity contribution in [3.8, 4) is 0 Å². The van der Waals surface area contributed by atoms with Gasteiger partial charge in [0.1, 0.15) is 17.1 Å². The highest BCUT2D eigenvalue weighted by molar-refractivity contribution is 5.68. The third kappa shape index (κ3) is 5.65. The zero-order chi connectivity index (χ0) is 20.7. The fourth-order valence-corrected chi connectivity index (χ4v) is 4.37. The molecule has 0 amide bonds. The second-order valence-electron chi connectivity index (χ2n) is 8.61. The summed E-state index contributed by atoms with van der Waals surface area (Å²) in [7, 11) is 0. The maximum Gasteiger partial charge on any atom is 0.341 e. The molecule has 28 heavy (non-hydrogen) atoms. The molecule has 4 heteroatoms. The van der Waals surface area contributed by atoms with Crippen molar-refractivity contribution in [3.05, 3.63) is 34.8 Å². The SMILES string of the molecule is CCCCCCC/C=C/[C@]1(C)CCC2C(=C(C)C(C)=C(OCC(=O)O)C2C)O1. The van der Waals surface area contributed by atoms with Gasteiger partial charge in [-0.15, -0.1) is 0 Å². The van der Waals surface area contributed by atoms with Crippen molar-refractivity contribution in [2.45, 2.75) is 91.6 Å². The van der Waals surface area contributed by atoms with Crippen LogP contribution < -0.4 is 0 Å². The minimum Gasteiger partial charge on any atom is -0.487 e. The molecule has 3 atom stereocenters. The molecule has 158 valence electrons. The number of carboxylic acid groups (broad SMARTS) is 1. The van der Waals surface area contributed by atoms with Crippen LogP contribution in [0.4, 0.5) is 0 Å². The van der Waals surface area contributed by atoms with Crippen LogP contribution in [-0.2, 0) is 14.3 Å². The van der Waals surface area contributed by atoms with E-state index in [1.165, 1.54) is 32.1 Å². The van der Waals surface area contributed by atoms with Crippen LogP contribution >= 0.6 is 0 Å². The van der Waals surface area contributed by atoms with Gasteiger partial charge in [-0.05, 0) is 63.7 Å². The average molecular weight is 391 g/mol. The number of carbonyl (C=O) groups is 1. The summed E-state index contributed by atoms with van der Waals surface area (Å²) < 4.78 is 12.2. The summed E-state index contributed by atoms with van der Waals surface area (Å²) in [6, 6.07) is 0. The third-order valence-electron chi connectivity index (χ3n) is 6.25. The van der Waals surface area contributed by atoms with Crippen molar-refractivity contribution in [2.75, 3.05) is 6.61 Å². The average Bonchev–Trinajstić information content (AvgIpc) is 2.65. The Morgan fingerprint density at radius 2 is 1.96 bits per heavy atom. The van der Waals surface area contributed by atoms with Gasteiger partial charge in [0.2, 0.25) is 0 Å². The number of rotatable bonds is 10. The summed E-state index contributed by atoms with van der Waals surface area (Å²) >= 11 is 0. The van der Waals surface area contributed by atoms with Gasteiger partial charge in [0.05, 0.1) is 0 Å². The number of aliphatic carboxylic acids is 1. The van der Waals surface area contributed by atoms with E-state index >= 15 is 0 Å². The van der Waals surface area contributed by atoms with E-state index in [0.717, 1.165) is 41.9 Å². The Morgan fingerprint density at radius 3 is 2.64 bits per heavy atom. The molecule has 0 aromatic carbocycles. The minimum atomic E-state index is -0.938. The molecule has 1 fully saturated rings. The molecule has 1 N–H and O–H groups in total. The third-order valence-corrected chi connectivity index (χ3v) is 6.25. The lowest BCUT2D eigenvalue weighted by molar-refractivity contribution is -0.141. The Kier molecular flexibility index (Phi) is 8.21. The van der Waals surface area contributed by atoms with Crippen LogP contribution in [0.25, 0.3) is 0 Å². The first-order valence-corrected chi connectivity index (χ1v) is 10.9. The lowest BCUT2D eigenvalue weighted by atomic mass is 9.74. The molecule has 0 bridgehead atoms. The fourth-order valence-electron chi connectivity index (χ4n) is 4.37. The Labute approximate surface area is 170 Å². The molecular formula is C24H38O4. The van der Waals surface area contributed by atoms with Gasteiger partial charge in [-0.3, -0.25) is 0 Å². The largest absolute Gasteiger partial charge is 0.487 e. The monoisotopic (exact) mass is 390 g/mol. The normalized spacial score (nSPS) is 27.8. The van der Waals surface area contributed by atoms with Crippen LogP contribution in [0, 0.1) is 11.8 Å². The molecule has 1 aliphatic carbocycles. The van der Waals surface area contributed by atoms with E-state index in [4.69, 9.17) is 14.6 Å². The first-order chi connectivity index (χ1) is 13.3. The predicted molar refractivity (Wildman–Crippen MR) is 113 cm³/mol. The van der Waals surface area contributed by atoms with Crippen molar-refractivity contribution < 1.29 is 19.4 Å². The summed E-state index contributed by atoms with van der Waals surface area (Å²) in [5, 5.41) is 8.95. The van der Waals surface area contributed by atoms with Crippen molar-refractivity contribution in [3.63, 3.8) is 0 Å². The number of ether oxygens (including phenoxy) is 2. The van der Waals surface area contributed by atoms with Crippen LogP contribution in [0.15, 0.2) is 34.8 Å². The van der Waals surface area contributed by atoms with Gasteiger partial charge in [-0.1, -0.05) is 45.6 Å². The summed E-state index contributed by atoms with van der Waals surface area (Å²) in [5.74, 6) is 1.35. The van der Waals surface area contributed by atoms with E-state index in [0.29, 0.717) is 0 Å². The molecule has 2 aliphatic rings. The van der Waals surface area contributed by atoms with Crippen molar-refractivity contribution in [1.82, 2.24) is 0 Å². The smallest absolute Gasteiger partial charge is 0.341 e. The van der Waals surface area contributed by atoms with E-state index in [1.807, 2.05) is 6.92 Å². The van der Waals surface area contributed by atoms with Crippen LogP contribution in [0.3, 0.4) is 0 Å². The Balaban J connectivity index is 2.04. The molecule has 2 rings (SSSR count). The van der Waals surface area contributed by atoms with Crippen molar-refractivity contribution in [2.24, 2.45) is 11.8 Å². The van der Waals surface area contributed by atoms with Crippen LogP contribution in [0.1, 0.15) is 86.0 Å². The molecule has 1 saturated heterocycles. The molecule has 4 nitrogen and oxygen atoms in total. The zero-order valence-corrected chi connectivity index (χ0v) is 18.3. The molecular weight excluding hydrogens is 352 g/mol. The Morgan fingerprint density at radius 1 is 1.25 bits per heavy atom. The first-order valence-electron chi connectivity index (χ1n) is 10.9. The van der Waals surface area contributed by atoms with Gasteiger partial charge in [0.25, 0.3) is 0 Å². The van der Waals surface area contributed by atoms with Crippen LogP contribution in [0.5, 0.6) is 0 Å². The van der Waals surface area contributed by atoms with E-state index < -0.39 is 5.97 Å². The summed E-state index contributed by atoms with van der Waals surface area (Å²) in [5.41, 5.74) is 1.86. The summed E-state index contributed by atoms with van der Waals surface area (Å²) in [4.78, 5) is 10.9. The maximum absolute atomic E-state index is 10.9. The topological polar surface area (TPSA) is 55.8 Å². The number of hydrogen-bond donors (Lipinski definition) is 1. The fraction of sp³-hybridized carbons (Fsp3) is 0.708. The van der Waals surface area contributed by atoms with Crippen molar-refractivity contribution in [1.29, 1.82) is 0 Å². The number of fused-ring (bicyclic) bond motifs is 1. The molecule has 0 aromatic heterocycles. The van der Waals surface area contributed by atoms with Crippen LogP contribution in [-0.4, -0.2) is 23.3 Å². The first kappa shape index (κ1) is 22.6. The predicted octanol–water partition coefficient (Wildman–Crippen LogP) is 6.39. The minimum absolute atomic E-state index is 0.144. The number of carboxylic acids is 1. The van der Waals surface area contributed by atoms with E-state index in [-0.39, 0.29) is 24.0 Å². The molecule has 0 aromatic rings. The number of hydrogen-bond acceptors (Lipinski definition) is 3. The van der Waals surface area contributed by atoms with E-state index in [9.17, 15) is 4.79 Å². The van der Waals surface area contributed by atoms with Crippen molar-refractivity contribution >= 4 is 5.97 Å². The molecule has 2 unspecified atom stereocenters. The number of allylic oxidation sites excluding steroid dienone is 5. The van der Waals surface area contributed by atoms with Gasteiger partial charge in [-0.2, -0.15) is 0 Å². The van der Waals surface area contributed by atoms with Gasteiger partial charge in [0.15, 0.2) is 6.61 Å². The van der Waals surface area contributed by atoms with Gasteiger partial charge in [-0.25, -0.2) is 4.79 Å². The standard InChI is InChI=1S/C24H38O4/c1-6-7-8-9-10-11-12-14-24(5)15-13-20-19(4)22(27-16-21(25)26)17(2)18(3)23(20)28-24/h12,14,19-20H,6-11,13,15-16H2,1-5H3,(H,25,26)/b14-12+/t19?,20?,24-/m1/s1. The quantitative estimate of drug-likeness (QED) is 0.347. The molecule has 1 heterocycles. The van der Waals surface area contributed by atoms with Gasteiger partial charge < -0.3 is 14.6 Å². The molecule has 0 spiro atoms. The maximum atomic E-state index is 10.9. The Bertz CT molecular complexity index is 643.